The van der Waals surface area contributed by atoms with Crippen LogP contribution in [-0.4, -0.2) is 29.0 Å². The monoisotopic (exact) mass is 413 g/mol. The van der Waals surface area contributed by atoms with Crippen LogP contribution in [0.25, 0.3) is 0 Å². The fraction of sp³-hybridized carbons (Fsp3) is 0.333. The van der Waals surface area contributed by atoms with E-state index in [1.165, 1.54) is 35.1 Å². The zero-order chi connectivity index (χ0) is 21.6. The second-order valence-corrected chi connectivity index (χ2v) is 8.54. The Labute approximate surface area is 185 Å². The topological polar surface area (TPSA) is 57.5 Å². The molecule has 1 aromatic heterocycles. The Balaban J connectivity index is 1.67. The van der Waals surface area contributed by atoms with E-state index in [2.05, 4.69) is 70.9 Å². The van der Waals surface area contributed by atoms with Gasteiger partial charge in [0.25, 0.3) is 0 Å². The molecule has 31 heavy (non-hydrogen) atoms. The molecule has 0 bridgehead atoms. The third-order valence-electron chi connectivity index (χ3n) is 6.46. The highest BCUT2D eigenvalue weighted by Gasteiger charge is 2.21. The van der Waals surface area contributed by atoms with E-state index in [4.69, 9.17) is 0 Å². The van der Waals surface area contributed by atoms with Crippen LogP contribution in [0, 0.1) is 13.8 Å². The second kappa shape index (κ2) is 9.88. The van der Waals surface area contributed by atoms with E-state index >= 15 is 0 Å². The standard InChI is InChI=1S/C27H31N3O/c1-19-5-3-4-6-25(19)26(18-27(30-31)24-13-16-29-20(2)17-24)23-9-7-21(8-10-23)22-11-14-28-15-12-22/h3-10,13,16-17,22,26,28,31H,11-12,14-15,18H2,1-2H3/t26-/m1/s1. The van der Waals surface area contributed by atoms with Crippen molar-refractivity contribution in [2.75, 3.05) is 13.1 Å². The van der Waals surface area contributed by atoms with Crippen molar-refractivity contribution in [3.63, 3.8) is 0 Å². The highest BCUT2D eigenvalue weighted by Crippen LogP contribution is 2.34. The van der Waals surface area contributed by atoms with Gasteiger partial charge in [0, 0.05) is 29.8 Å². The van der Waals surface area contributed by atoms with Crippen molar-refractivity contribution in [1.82, 2.24) is 10.3 Å². The average Bonchev–Trinajstić information content (AvgIpc) is 2.81. The van der Waals surface area contributed by atoms with Crippen molar-refractivity contribution in [1.29, 1.82) is 0 Å². The molecule has 2 heterocycles. The molecule has 0 spiro atoms. The average molecular weight is 414 g/mol. The highest BCUT2D eigenvalue weighted by atomic mass is 16.4. The van der Waals surface area contributed by atoms with Crippen molar-refractivity contribution < 1.29 is 5.21 Å². The lowest BCUT2D eigenvalue weighted by Crippen LogP contribution is -2.26. The van der Waals surface area contributed by atoms with Gasteiger partial charge in [0.1, 0.15) is 0 Å². The second-order valence-electron chi connectivity index (χ2n) is 8.54. The first-order valence-corrected chi connectivity index (χ1v) is 11.2. The number of pyridine rings is 1. The lowest BCUT2D eigenvalue weighted by Gasteiger charge is -2.24. The van der Waals surface area contributed by atoms with Crippen LogP contribution in [0.4, 0.5) is 0 Å². The minimum absolute atomic E-state index is 0.114. The molecule has 3 aromatic rings. The Morgan fingerprint density at radius 3 is 2.48 bits per heavy atom. The normalized spacial score (nSPS) is 16.3. The van der Waals surface area contributed by atoms with Crippen molar-refractivity contribution in [2.24, 2.45) is 5.16 Å². The van der Waals surface area contributed by atoms with Gasteiger partial charge in [0.15, 0.2) is 0 Å². The molecule has 0 aliphatic carbocycles. The molecular formula is C27H31N3O. The number of aryl methyl sites for hydroxylation is 2. The summed E-state index contributed by atoms with van der Waals surface area (Å²) in [4.78, 5) is 4.28. The minimum atomic E-state index is 0.114. The molecule has 0 unspecified atom stereocenters. The van der Waals surface area contributed by atoms with Gasteiger partial charge >= 0.3 is 0 Å². The minimum Gasteiger partial charge on any atom is -0.411 e. The predicted molar refractivity (Wildman–Crippen MR) is 126 cm³/mol. The maximum atomic E-state index is 9.86. The van der Waals surface area contributed by atoms with E-state index in [9.17, 15) is 5.21 Å². The molecule has 1 aliphatic rings. The van der Waals surface area contributed by atoms with E-state index in [-0.39, 0.29) is 5.92 Å². The van der Waals surface area contributed by atoms with E-state index in [0.717, 1.165) is 24.3 Å². The number of nitrogens with one attached hydrogen (secondary N) is 1. The smallest absolute Gasteiger partial charge is 0.0878 e. The summed E-state index contributed by atoms with van der Waals surface area (Å²) in [6, 6.07) is 21.5. The summed E-state index contributed by atoms with van der Waals surface area (Å²) in [5, 5.41) is 17.0. The van der Waals surface area contributed by atoms with E-state index in [0.29, 0.717) is 18.1 Å². The fourth-order valence-electron chi connectivity index (χ4n) is 4.68. The maximum absolute atomic E-state index is 9.86. The molecule has 0 saturated carbocycles. The largest absolute Gasteiger partial charge is 0.411 e. The van der Waals surface area contributed by atoms with Gasteiger partial charge in [-0.2, -0.15) is 0 Å². The maximum Gasteiger partial charge on any atom is 0.0878 e. The van der Waals surface area contributed by atoms with Crippen LogP contribution in [0.5, 0.6) is 0 Å². The summed E-state index contributed by atoms with van der Waals surface area (Å²) in [6.07, 6.45) is 4.79. The highest BCUT2D eigenvalue weighted by molar-refractivity contribution is 6.00. The lowest BCUT2D eigenvalue weighted by molar-refractivity contribution is 0.317. The van der Waals surface area contributed by atoms with Gasteiger partial charge in [-0.1, -0.05) is 53.7 Å². The van der Waals surface area contributed by atoms with Gasteiger partial charge in [0.05, 0.1) is 5.71 Å². The number of rotatable bonds is 6. The number of nitrogens with zero attached hydrogens (tertiary/aromatic N) is 2. The molecule has 4 rings (SSSR count). The van der Waals surface area contributed by atoms with Crippen LogP contribution in [0.3, 0.4) is 0 Å². The molecule has 4 nitrogen and oxygen atoms in total. The lowest BCUT2D eigenvalue weighted by atomic mass is 9.82. The summed E-state index contributed by atoms with van der Waals surface area (Å²) in [5.41, 5.74) is 7.70. The molecule has 1 aliphatic heterocycles. The van der Waals surface area contributed by atoms with Gasteiger partial charge in [-0.15, -0.1) is 0 Å². The predicted octanol–water partition coefficient (Wildman–Crippen LogP) is 5.57. The molecule has 1 saturated heterocycles. The molecule has 1 fully saturated rings. The van der Waals surface area contributed by atoms with Crippen LogP contribution >= 0.6 is 0 Å². The van der Waals surface area contributed by atoms with Crippen LogP contribution in [-0.2, 0) is 0 Å². The number of hydrogen-bond donors (Lipinski definition) is 2. The quantitative estimate of drug-likeness (QED) is 0.316. The van der Waals surface area contributed by atoms with Gasteiger partial charge in [0.2, 0.25) is 0 Å². The van der Waals surface area contributed by atoms with E-state index < -0.39 is 0 Å². The van der Waals surface area contributed by atoms with Crippen LogP contribution < -0.4 is 5.32 Å². The molecule has 160 valence electrons. The van der Waals surface area contributed by atoms with Crippen molar-refractivity contribution in [2.45, 2.75) is 44.9 Å². The van der Waals surface area contributed by atoms with Crippen molar-refractivity contribution in [3.05, 3.63) is 100 Å². The summed E-state index contributed by atoms with van der Waals surface area (Å²) in [7, 11) is 0. The van der Waals surface area contributed by atoms with E-state index in [1.807, 2.05) is 19.1 Å². The first kappa shape index (κ1) is 21.3. The Bertz CT molecular complexity index is 1040. The Kier molecular flexibility index (Phi) is 6.78. The number of oxime groups is 1. The summed E-state index contributed by atoms with van der Waals surface area (Å²) >= 11 is 0. The summed E-state index contributed by atoms with van der Waals surface area (Å²) in [6.45, 7) is 6.30. The zero-order valence-electron chi connectivity index (χ0n) is 18.4. The van der Waals surface area contributed by atoms with Crippen molar-refractivity contribution >= 4 is 5.71 Å². The first-order chi connectivity index (χ1) is 15.2. The molecule has 2 N–H and O–H groups in total. The number of hydrogen-bond acceptors (Lipinski definition) is 4. The molecular weight excluding hydrogens is 382 g/mol. The Hall–Kier alpha value is -2.98. The Morgan fingerprint density at radius 1 is 1.06 bits per heavy atom. The summed E-state index contributed by atoms with van der Waals surface area (Å²) < 4.78 is 0. The molecule has 0 amide bonds. The number of aromatic nitrogens is 1. The molecule has 0 radical (unpaired) electrons. The Morgan fingerprint density at radius 2 is 1.81 bits per heavy atom. The van der Waals surface area contributed by atoms with Gasteiger partial charge in [-0.05, 0) is 80.1 Å². The fourth-order valence-corrected chi connectivity index (χ4v) is 4.68. The molecule has 2 aromatic carbocycles. The van der Waals surface area contributed by atoms with Crippen LogP contribution in [0.15, 0.2) is 72.0 Å². The van der Waals surface area contributed by atoms with Gasteiger partial charge in [-0.25, -0.2) is 0 Å². The molecule has 4 heteroatoms. The van der Waals surface area contributed by atoms with Gasteiger partial charge in [-0.3, -0.25) is 4.98 Å². The third-order valence-corrected chi connectivity index (χ3v) is 6.46. The molecule has 1 atom stereocenters. The van der Waals surface area contributed by atoms with E-state index in [1.54, 1.807) is 6.20 Å². The first-order valence-electron chi connectivity index (χ1n) is 11.2. The SMILES string of the molecule is Cc1cc(C(C[C@H](c2ccc(C3CCNCC3)cc2)c2ccccc2C)=NO)ccn1. The third kappa shape index (κ3) is 5.02. The van der Waals surface area contributed by atoms with Crippen LogP contribution in [0.1, 0.15) is 64.6 Å². The van der Waals surface area contributed by atoms with Gasteiger partial charge < -0.3 is 10.5 Å². The van der Waals surface area contributed by atoms with Crippen molar-refractivity contribution in [3.8, 4) is 0 Å². The summed E-state index contributed by atoms with van der Waals surface area (Å²) in [5.74, 6) is 0.754. The number of benzene rings is 2. The zero-order valence-corrected chi connectivity index (χ0v) is 18.4. The van der Waals surface area contributed by atoms with Crippen LogP contribution in [0.2, 0.25) is 0 Å². The number of piperidine rings is 1.